The van der Waals surface area contributed by atoms with E-state index in [1.54, 1.807) is 12.1 Å². The molecule has 0 spiro atoms. The molecule has 1 heterocycles. The fourth-order valence-electron chi connectivity index (χ4n) is 2.57. The number of aromatic nitrogens is 2. The molecule has 0 aliphatic heterocycles. The van der Waals surface area contributed by atoms with Gasteiger partial charge in [0, 0.05) is 18.4 Å². The maximum absolute atomic E-state index is 13.3. The zero-order valence-electron chi connectivity index (χ0n) is 14.7. The van der Waals surface area contributed by atoms with Crippen LogP contribution in [-0.4, -0.2) is 16.0 Å². The summed E-state index contributed by atoms with van der Waals surface area (Å²) in [6.07, 6.45) is 0.565. The van der Waals surface area contributed by atoms with E-state index < -0.39 is 0 Å². The number of carbonyl (C=O) groups excluding carboxylic acids is 1. The predicted molar refractivity (Wildman–Crippen MR) is 95.7 cm³/mol. The fourth-order valence-corrected chi connectivity index (χ4v) is 2.57. The normalized spacial score (nSPS) is 12.0. The monoisotopic (exact) mass is 353 g/mol. The molecule has 1 unspecified atom stereocenters. The first kappa shape index (κ1) is 17.8. The van der Waals surface area contributed by atoms with E-state index in [-0.39, 0.29) is 24.2 Å². The molecule has 134 valence electrons. The largest absolute Gasteiger partial charge is 0.350 e. The van der Waals surface area contributed by atoms with Crippen molar-refractivity contribution >= 4 is 5.91 Å². The Morgan fingerprint density at radius 1 is 1.23 bits per heavy atom. The highest BCUT2D eigenvalue weighted by atomic mass is 19.1. The maximum Gasteiger partial charge on any atom is 0.227 e. The Morgan fingerprint density at radius 3 is 2.73 bits per heavy atom. The summed E-state index contributed by atoms with van der Waals surface area (Å²) >= 11 is 0. The van der Waals surface area contributed by atoms with E-state index in [9.17, 15) is 9.18 Å². The van der Waals surface area contributed by atoms with Gasteiger partial charge in [0.05, 0.1) is 6.04 Å². The van der Waals surface area contributed by atoms with Crippen LogP contribution in [0.1, 0.15) is 36.4 Å². The van der Waals surface area contributed by atoms with Crippen LogP contribution < -0.4 is 5.32 Å². The average molecular weight is 353 g/mol. The molecular formula is C20H20FN3O2. The minimum absolute atomic E-state index is 0.156. The standard InChI is InChI=1S/C20H20FN3O2/c1-13-6-8-15(9-7-13)20-23-19(26-24-20)11-10-18(25)22-14(2)16-4-3-5-17(21)12-16/h3-9,12,14H,10-11H2,1-2H3,(H,22,25). The van der Waals surface area contributed by atoms with Crippen molar-refractivity contribution in [1.29, 1.82) is 0 Å². The second-order valence-corrected chi connectivity index (χ2v) is 6.22. The maximum atomic E-state index is 13.3. The van der Waals surface area contributed by atoms with E-state index in [2.05, 4.69) is 15.5 Å². The minimum Gasteiger partial charge on any atom is -0.350 e. The molecule has 0 fully saturated rings. The van der Waals surface area contributed by atoms with Crippen LogP contribution in [0.2, 0.25) is 0 Å². The van der Waals surface area contributed by atoms with E-state index in [1.807, 2.05) is 38.1 Å². The van der Waals surface area contributed by atoms with Crippen LogP contribution in [0.5, 0.6) is 0 Å². The van der Waals surface area contributed by atoms with Crippen molar-refractivity contribution < 1.29 is 13.7 Å². The number of nitrogens with one attached hydrogen (secondary N) is 1. The predicted octanol–water partition coefficient (Wildman–Crippen LogP) is 3.99. The van der Waals surface area contributed by atoms with Crippen LogP contribution in [0.4, 0.5) is 4.39 Å². The first-order valence-electron chi connectivity index (χ1n) is 8.46. The van der Waals surface area contributed by atoms with Crippen molar-refractivity contribution in [2.45, 2.75) is 32.7 Å². The lowest BCUT2D eigenvalue weighted by Gasteiger charge is -2.14. The molecule has 1 atom stereocenters. The number of rotatable bonds is 6. The number of carbonyl (C=O) groups is 1. The Balaban J connectivity index is 1.54. The molecule has 0 aliphatic carbocycles. The molecule has 1 amide bonds. The van der Waals surface area contributed by atoms with Gasteiger partial charge in [0.15, 0.2) is 0 Å². The molecule has 2 aromatic carbocycles. The van der Waals surface area contributed by atoms with Crippen LogP contribution in [0.3, 0.4) is 0 Å². The van der Waals surface area contributed by atoms with Crippen LogP contribution in [0, 0.1) is 12.7 Å². The number of benzene rings is 2. The summed E-state index contributed by atoms with van der Waals surface area (Å²) in [5, 5.41) is 6.80. The molecule has 3 rings (SSSR count). The van der Waals surface area contributed by atoms with Crippen LogP contribution in [-0.2, 0) is 11.2 Å². The number of hydrogen-bond donors (Lipinski definition) is 1. The molecule has 5 nitrogen and oxygen atoms in total. The molecule has 1 N–H and O–H groups in total. The molecule has 0 saturated heterocycles. The van der Waals surface area contributed by atoms with Gasteiger partial charge < -0.3 is 9.84 Å². The molecule has 3 aromatic rings. The number of nitrogens with zero attached hydrogens (tertiary/aromatic N) is 2. The summed E-state index contributed by atoms with van der Waals surface area (Å²) in [4.78, 5) is 16.4. The summed E-state index contributed by atoms with van der Waals surface area (Å²) in [6, 6.07) is 13.7. The molecular weight excluding hydrogens is 333 g/mol. The molecule has 0 bridgehead atoms. The second-order valence-electron chi connectivity index (χ2n) is 6.22. The number of hydrogen-bond acceptors (Lipinski definition) is 4. The SMILES string of the molecule is Cc1ccc(-c2noc(CCC(=O)NC(C)c3cccc(F)c3)n2)cc1. The average Bonchev–Trinajstić information content (AvgIpc) is 3.09. The van der Waals surface area contributed by atoms with Crippen LogP contribution in [0.25, 0.3) is 11.4 Å². The van der Waals surface area contributed by atoms with E-state index >= 15 is 0 Å². The highest BCUT2D eigenvalue weighted by molar-refractivity contribution is 5.76. The lowest BCUT2D eigenvalue weighted by molar-refractivity contribution is -0.121. The first-order valence-corrected chi connectivity index (χ1v) is 8.46. The minimum atomic E-state index is -0.321. The van der Waals surface area contributed by atoms with Crippen molar-refractivity contribution in [3.05, 3.63) is 71.4 Å². The Kier molecular flexibility index (Phi) is 5.41. The summed E-state index contributed by atoms with van der Waals surface area (Å²) in [7, 11) is 0. The molecule has 1 aromatic heterocycles. The Hall–Kier alpha value is -3.02. The first-order chi connectivity index (χ1) is 12.5. The van der Waals surface area contributed by atoms with Gasteiger partial charge in [-0.25, -0.2) is 4.39 Å². The fraction of sp³-hybridized carbons (Fsp3) is 0.250. The van der Waals surface area contributed by atoms with Gasteiger partial charge in [-0.1, -0.05) is 47.1 Å². The molecule has 26 heavy (non-hydrogen) atoms. The zero-order valence-corrected chi connectivity index (χ0v) is 14.7. The molecule has 6 heteroatoms. The zero-order chi connectivity index (χ0) is 18.5. The van der Waals surface area contributed by atoms with Crippen molar-refractivity contribution in [3.63, 3.8) is 0 Å². The Morgan fingerprint density at radius 2 is 2.00 bits per heavy atom. The smallest absolute Gasteiger partial charge is 0.227 e. The van der Waals surface area contributed by atoms with Gasteiger partial charge in [-0.2, -0.15) is 4.98 Å². The van der Waals surface area contributed by atoms with Crippen molar-refractivity contribution in [3.8, 4) is 11.4 Å². The third-order valence-electron chi connectivity index (χ3n) is 4.07. The van der Waals surface area contributed by atoms with Gasteiger partial charge in [-0.3, -0.25) is 4.79 Å². The van der Waals surface area contributed by atoms with Crippen LogP contribution in [0.15, 0.2) is 53.1 Å². The number of aryl methyl sites for hydroxylation is 2. The molecule has 0 radical (unpaired) electrons. The highest BCUT2D eigenvalue weighted by Crippen LogP contribution is 2.17. The summed E-state index contributed by atoms with van der Waals surface area (Å²) < 4.78 is 18.5. The summed E-state index contributed by atoms with van der Waals surface area (Å²) in [5.74, 6) is 0.442. The van der Waals surface area contributed by atoms with E-state index in [4.69, 9.17) is 4.52 Å². The van der Waals surface area contributed by atoms with Crippen molar-refractivity contribution in [2.24, 2.45) is 0 Å². The number of halogens is 1. The van der Waals surface area contributed by atoms with E-state index in [1.165, 1.54) is 12.1 Å². The van der Waals surface area contributed by atoms with Crippen LogP contribution >= 0.6 is 0 Å². The van der Waals surface area contributed by atoms with Crippen molar-refractivity contribution in [2.75, 3.05) is 0 Å². The van der Waals surface area contributed by atoms with E-state index in [0.717, 1.165) is 16.7 Å². The highest BCUT2D eigenvalue weighted by Gasteiger charge is 2.13. The van der Waals surface area contributed by atoms with Crippen molar-refractivity contribution in [1.82, 2.24) is 15.5 Å². The second kappa shape index (κ2) is 7.91. The third-order valence-corrected chi connectivity index (χ3v) is 4.07. The van der Waals surface area contributed by atoms with Gasteiger partial charge in [0.25, 0.3) is 0 Å². The lowest BCUT2D eigenvalue weighted by Crippen LogP contribution is -2.26. The topological polar surface area (TPSA) is 68.0 Å². The Bertz CT molecular complexity index is 890. The van der Waals surface area contributed by atoms with E-state index in [0.29, 0.717) is 18.1 Å². The Labute approximate surface area is 151 Å². The number of amides is 1. The quantitative estimate of drug-likeness (QED) is 0.727. The third kappa shape index (κ3) is 4.53. The lowest BCUT2D eigenvalue weighted by atomic mass is 10.1. The summed E-state index contributed by atoms with van der Waals surface area (Å²) in [6.45, 7) is 3.82. The van der Waals surface area contributed by atoms with Gasteiger partial charge in [-0.15, -0.1) is 0 Å². The molecule has 0 saturated carbocycles. The molecule has 0 aliphatic rings. The van der Waals surface area contributed by atoms with Gasteiger partial charge in [0.2, 0.25) is 17.6 Å². The van der Waals surface area contributed by atoms with Gasteiger partial charge >= 0.3 is 0 Å². The van der Waals surface area contributed by atoms with Gasteiger partial charge in [0.1, 0.15) is 5.82 Å². The van der Waals surface area contributed by atoms with Gasteiger partial charge in [-0.05, 0) is 31.5 Å². The summed E-state index contributed by atoms with van der Waals surface area (Å²) in [5.41, 5.74) is 2.74.